The predicted octanol–water partition coefficient (Wildman–Crippen LogP) is 6.10. The number of nitrogen functional groups attached to an aromatic ring is 1. The van der Waals surface area contributed by atoms with E-state index >= 15 is 0 Å². The first kappa shape index (κ1) is 30.2. The van der Waals surface area contributed by atoms with Gasteiger partial charge in [-0.05, 0) is 54.7 Å². The lowest BCUT2D eigenvalue weighted by Crippen LogP contribution is -2.35. The molecule has 220 valence electrons. The van der Waals surface area contributed by atoms with Crippen molar-refractivity contribution >= 4 is 39.8 Å². The van der Waals surface area contributed by atoms with Crippen LogP contribution in [0.3, 0.4) is 0 Å². The van der Waals surface area contributed by atoms with Crippen LogP contribution in [0.5, 0.6) is 11.5 Å². The number of nitrogens with two attached hydrogens (primary N) is 1. The molecule has 0 aliphatic rings. The van der Waals surface area contributed by atoms with Crippen LogP contribution in [0.15, 0.2) is 71.7 Å². The molecule has 4 rings (SSSR count). The van der Waals surface area contributed by atoms with E-state index in [0.717, 1.165) is 12.0 Å². The third kappa shape index (κ3) is 6.91. The van der Waals surface area contributed by atoms with Crippen LogP contribution in [0.25, 0.3) is 10.9 Å². The van der Waals surface area contributed by atoms with Gasteiger partial charge in [-0.1, -0.05) is 44.5 Å². The Morgan fingerprint density at radius 3 is 2.31 bits per heavy atom. The number of fused-ring (bicyclic) bond motifs is 1. The number of aromatic nitrogens is 1. The Balaban J connectivity index is 1.51. The fraction of sp³-hybridized carbons (Fsp3) is 0.303. The second kappa shape index (κ2) is 13.7. The number of anilines is 3. The first-order valence-corrected chi connectivity index (χ1v) is 14.1. The summed E-state index contributed by atoms with van der Waals surface area (Å²) in [6, 6.07) is 18.2. The molecule has 0 bridgehead atoms. The lowest BCUT2D eigenvalue weighted by Gasteiger charge is -2.23. The maximum atomic E-state index is 13.9. The van der Waals surface area contributed by atoms with E-state index in [1.54, 1.807) is 29.2 Å². The van der Waals surface area contributed by atoms with Gasteiger partial charge in [0.05, 0.1) is 36.5 Å². The van der Waals surface area contributed by atoms with Crippen molar-refractivity contribution in [1.29, 1.82) is 0 Å². The van der Waals surface area contributed by atoms with E-state index in [4.69, 9.17) is 15.2 Å². The van der Waals surface area contributed by atoms with Gasteiger partial charge in [0.25, 0.3) is 5.91 Å². The number of unbranched alkanes of at least 4 members (excludes halogenated alkanes) is 2. The fourth-order valence-corrected chi connectivity index (χ4v) is 4.79. The number of aromatic amines is 1. The number of carbonyl (C=O) groups is 2. The Labute approximate surface area is 245 Å². The van der Waals surface area contributed by atoms with Crippen LogP contribution in [0.2, 0.25) is 0 Å². The summed E-state index contributed by atoms with van der Waals surface area (Å²) in [6.07, 6.45) is 3.80. The number of amides is 2. The summed E-state index contributed by atoms with van der Waals surface area (Å²) >= 11 is 0. The van der Waals surface area contributed by atoms with Gasteiger partial charge in [-0.25, -0.2) is 0 Å². The molecule has 42 heavy (non-hydrogen) atoms. The lowest BCUT2D eigenvalue weighted by atomic mass is 10.0. The van der Waals surface area contributed by atoms with Crippen molar-refractivity contribution in [1.82, 2.24) is 4.98 Å². The van der Waals surface area contributed by atoms with Gasteiger partial charge in [-0.2, -0.15) is 0 Å². The van der Waals surface area contributed by atoms with Gasteiger partial charge >= 0.3 is 0 Å². The number of rotatable bonds is 12. The summed E-state index contributed by atoms with van der Waals surface area (Å²) < 4.78 is 10.7. The van der Waals surface area contributed by atoms with Crippen molar-refractivity contribution in [3.05, 3.63) is 88.2 Å². The van der Waals surface area contributed by atoms with Crippen LogP contribution >= 0.6 is 0 Å². The van der Waals surface area contributed by atoms with Crippen LogP contribution in [0, 0.1) is 0 Å². The highest BCUT2D eigenvalue weighted by Gasteiger charge is 2.22. The van der Waals surface area contributed by atoms with Crippen molar-refractivity contribution in [2.45, 2.75) is 45.4 Å². The normalized spacial score (nSPS) is 11.0. The van der Waals surface area contributed by atoms with Crippen LogP contribution < -0.4 is 30.9 Å². The molecule has 2 amide bonds. The summed E-state index contributed by atoms with van der Waals surface area (Å²) in [5.74, 6) is 0.714. The summed E-state index contributed by atoms with van der Waals surface area (Å²) in [5, 5.41) is 3.17. The number of methoxy groups -OCH3 is 2. The topological polar surface area (TPSA) is 127 Å². The molecule has 4 aromatic rings. The highest BCUT2D eigenvalue weighted by Crippen LogP contribution is 2.30. The standard InChI is InChI=1S/C33H38N4O5/c1-21(2)22-13-15-23(16-14-22)37(17-9-5-6-12-31(38)36-27-11-8-7-10-26(27)34)33(40)25-20-35-28-19-30(42-4)29(41-3)18-24(28)32(25)39/h7-8,10-11,13-16,18-21H,5-6,9,12,17,34H2,1-4H3,(H,35,39)(H,36,38). The highest BCUT2D eigenvalue weighted by molar-refractivity contribution is 6.07. The Bertz CT molecular complexity index is 1610. The number of H-pyrrole nitrogens is 1. The average molecular weight is 571 g/mol. The number of benzene rings is 3. The molecule has 4 N–H and O–H groups in total. The third-order valence-electron chi connectivity index (χ3n) is 7.25. The number of para-hydroxylation sites is 2. The van der Waals surface area contributed by atoms with E-state index in [2.05, 4.69) is 24.1 Å². The molecule has 9 nitrogen and oxygen atoms in total. The molecular weight excluding hydrogens is 532 g/mol. The Morgan fingerprint density at radius 2 is 1.64 bits per heavy atom. The number of hydrogen-bond donors (Lipinski definition) is 3. The van der Waals surface area contributed by atoms with Gasteiger partial charge in [-0.15, -0.1) is 0 Å². The van der Waals surface area contributed by atoms with Crippen molar-refractivity contribution in [3.63, 3.8) is 0 Å². The minimum absolute atomic E-state index is 0.0301. The summed E-state index contributed by atoms with van der Waals surface area (Å²) in [5.41, 5.74) is 9.06. The molecule has 3 aromatic carbocycles. The quantitative estimate of drug-likeness (QED) is 0.140. The van der Waals surface area contributed by atoms with Gasteiger partial charge in [0.1, 0.15) is 5.56 Å². The van der Waals surface area contributed by atoms with Gasteiger partial charge < -0.3 is 30.4 Å². The third-order valence-corrected chi connectivity index (χ3v) is 7.25. The van der Waals surface area contributed by atoms with Crippen molar-refractivity contribution in [2.75, 3.05) is 36.7 Å². The molecule has 0 fully saturated rings. The maximum Gasteiger partial charge on any atom is 0.263 e. The maximum absolute atomic E-state index is 13.9. The second-order valence-corrected chi connectivity index (χ2v) is 10.4. The monoisotopic (exact) mass is 570 g/mol. The molecule has 0 aliphatic carbocycles. The molecule has 0 aliphatic heterocycles. The number of hydrogen-bond acceptors (Lipinski definition) is 6. The minimum Gasteiger partial charge on any atom is -0.493 e. The number of pyridine rings is 1. The lowest BCUT2D eigenvalue weighted by molar-refractivity contribution is -0.116. The minimum atomic E-state index is -0.400. The van der Waals surface area contributed by atoms with E-state index in [9.17, 15) is 14.4 Å². The van der Waals surface area contributed by atoms with Crippen molar-refractivity contribution in [2.24, 2.45) is 0 Å². The van der Waals surface area contributed by atoms with E-state index in [1.807, 2.05) is 36.4 Å². The fourth-order valence-electron chi connectivity index (χ4n) is 4.79. The molecule has 0 spiro atoms. The van der Waals surface area contributed by atoms with Gasteiger partial charge in [0.2, 0.25) is 11.3 Å². The van der Waals surface area contributed by atoms with Crippen LogP contribution in [0.1, 0.15) is 61.4 Å². The van der Waals surface area contributed by atoms with E-state index in [1.165, 1.54) is 20.4 Å². The molecular formula is C33H38N4O5. The van der Waals surface area contributed by atoms with Gasteiger partial charge in [-0.3, -0.25) is 14.4 Å². The SMILES string of the molecule is COc1cc2[nH]cc(C(=O)N(CCCCCC(=O)Nc3ccccc3N)c3ccc(C(C)C)cc3)c(=O)c2cc1OC. The summed E-state index contributed by atoms with van der Waals surface area (Å²) in [4.78, 5) is 44.5. The van der Waals surface area contributed by atoms with Gasteiger partial charge in [0, 0.05) is 30.9 Å². The number of nitrogens with one attached hydrogen (secondary N) is 2. The molecule has 9 heteroatoms. The predicted molar refractivity (Wildman–Crippen MR) is 168 cm³/mol. The van der Waals surface area contributed by atoms with E-state index < -0.39 is 11.3 Å². The van der Waals surface area contributed by atoms with Crippen molar-refractivity contribution < 1.29 is 19.1 Å². The molecule has 1 aromatic heterocycles. The van der Waals surface area contributed by atoms with Crippen molar-refractivity contribution in [3.8, 4) is 11.5 Å². The summed E-state index contributed by atoms with van der Waals surface area (Å²) in [7, 11) is 3.02. The van der Waals surface area contributed by atoms with E-state index in [-0.39, 0.29) is 11.5 Å². The number of carbonyl (C=O) groups excluding carboxylic acids is 2. The molecule has 1 heterocycles. The Kier molecular flexibility index (Phi) is 9.85. The summed E-state index contributed by atoms with van der Waals surface area (Å²) in [6.45, 7) is 4.60. The molecule has 0 radical (unpaired) electrons. The zero-order valence-corrected chi connectivity index (χ0v) is 24.5. The number of ether oxygens (including phenoxy) is 2. The van der Waals surface area contributed by atoms with Crippen LogP contribution in [0.4, 0.5) is 17.1 Å². The Hall–Kier alpha value is -4.79. The molecule has 0 unspecified atom stereocenters. The van der Waals surface area contributed by atoms with E-state index in [0.29, 0.717) is 71.2 Å². The zero-order chi connectivity index (χ0) is 30.2. The van der Waals surface area contributed by atoms with Crippen LogP contribution in [-0.2, 0) is 4.79 Å². The average Bonchev–Trinajstić information content (AvgIpc) is 2.99. The zero-order valence-electron chi connectivity index (χ0n) is 24.5. The first-order chi connectivity index (χ1) is 20.2. The first-order valence-electron chi connectivity index (χ1n) is 14.1. The smallest absolute Gasteiger partial charge is 0.263 e. The number of nitrogens with zero attached hydrogens (tertiary/aromatic N) is 1. The Morgan fingerprint density at radius 1 is 0.952 bits per heavy atom. The van der Waals surface area contributed by atoms with Gasteiger partial charge in [0.15, 0.2) is 11.5 Å². The van der Waals surface area contributed by atoms with Crippen LogP contribution in [-0.4, -0.2) is 37.6 Å². The largest absolute Gasteiger partial charge is 0.493 e. The molecule has 0 saturated heterocycles. The molecule has 0 saturated carbocycles. The highest BCUT2D eigenvalue weighted by atomic mass is 16.5. The second-order valence-electron chi connectivity index (χ2n) is 10.4. The molecule has 0 atom stereocenters.